The molecular formula is C19H11F3N6O5S. The number of carbonyl (C=O) groups excluding carboxylic acids is 1. The third kappa shape index (κ3) is 4.15. The van der Waals surface area contributed by atoms with Crippen LogP contribution in [0.3, 0.4) is 0 Å². The largest absolute Gasteiger partial charge is 0.433 e. The molecule has 0 atom stereocenters. The van der Waals surface area contributed by atoms with Crippen molar-refractivity contribution in [3.63, 3.8) is 0 Å². The van der Waals surface area contributed by atoms with Gasteiger partial charge in [-0.05, 0) is 24.4 Å². The molecule has 15 heteroatoms. The Balaban J connectivity index is 1.77. The van der Waals surface area contributed by atoms with Crippen molar-refractivity contribution < 1.29 is 27.8 Å². The molecule has 34 heavy (non-hydrogen) atoms. The number of amides is 1. The van der Waals surface area contributed by atoms with Crippen molar-refractivity contribution in [1.82, 2.24) is 14.6 Å². The summed E-state index contributed by atoms with van der Waals surface area (Å²) >= 11 is 1.18. The lowest BCUT2D eigenvalue weighted by Crippen LogP contribution is -2.16. The lowest BCUT2D eigenvalue weighted by Gasteiger charge is -2.10. The first kappa shape index (κ1) is 22.8. The first-order valence-electron chi connectivity index (χ1n) is 9.22. The topological polar surface area (TPSA) is 146 Å². The molecule has 0 fully saturated rings. The summed E-state index contributed by atoms with van der Waals surface area (Å²) in [5, 5.41) is 30.0. The van der Waals surface area contributed by atoms with Crippen LogP contribution in [-0.2, 0) is 6.18 Å². The number of benzene rings is 1. The highest BCUT2D eigenvalue weighted by atomic mass is 32.1. The highest BCUT2D eigenvalue weighted by Crippen LogP contribution is 2.34. The molecule has 4 rings (SSSR count). The van der Waals surface area contributed by atoms with Crippen molar-refractivity contribution in [2.75, 3.05) is 5.32 Å². The number of carbonyl (C=O) groups is 1. The minimum absolute atomic E-state index is 0.0338. The van der Waals surface area contributed by atoms with Crippen molar-refractivity contribution >= 4 is 40.0 Å². The van der Waals surface area contributed by atoms with Crippen molar-refractivity contribution in [3.05, 3.63) is 79.0 Å². The number of nitrogens with one attached hydrogen (secondary N) is 1. The zero-order valence-corrected chi connectivity index (χ0v) is 17.7. The second-order valence-corrected chi connectivity index (χ2v) is 7.86. The first-order chi connectivity index (χ1) is 16.0. The second-order valence-electron chi connectivity index (χ2n) is 6.91. The first-order valence-corrected chi connectivity index (χ1v) is 10.1. The van der Waals surface area contributed by atoms with Crippen LogP contribution in [0.2, 0.25) is 0 Å². The van der Waals surface area contributed by atoms with E-state index in [4.69, 9.17) is 0 Å². The number of halogens is 3. The van der Waals surface area contributed by atoms with Crippen LogP contribution in [0, 0.1) is 27.2 Å². The van der Waals surface area contributed by atoms with E-state index in [0.717, 1.165) is 24.3 Å². The molecule has 0 unspecified atom stereocenters. The van der Waals surface area contributed by atoms with Crippen LogP contribution in [-0.4, -0.2) is 30.4 Å². The van der Waals surface area contributed by atoms with Crippen LogP contribution >= 0.6 is 11.3 Å². The van der Waals surface area contributed by atoms with Gasteiger partial charge in [-0.2, -0.15) is 18.3 Å². The molecule has 0 aliphatic rings. The molecule has 0 radical (unpaired) electrons. The minimum atomic E-state index is -4.81. The standard InChI is InChI=1S/C19H11F3N6O5S/c1-9-13(27(30)31)5-10(6-14(9)28(32)33)23-18(29)12-8-17-24-11(15-3-2-4-34-15)7-16(19(20,21)22)26(17)25-12/h2-8H,1H3,(H,23,29). The Morgan fingerprint density at radius 1 is 1.12 bits per heavy atom. The van der Waals surface area contributed by atoms with Gasteiger partial charge in [-0.1, -0.05) is 6.07 Å². The second kappa shape index (κ2) is 8.18. The quantitative estimate of drug-likeness (QED) is 0.309. The Morgan fingerprint density at radius 2 is 1.76 bits per heavy atom. The van der Waals surface area contributed by atoms with E-state index >= 15 is 0 Å². The number of fused-ring (bicyclic) bond motifs is 1. The molecule has 3 heterocycles. The lowest BCUT2D eigenvalue weighted by atomic mass is 10.1. The van der Waals surface area contributed by atoms with Crippen LogP contribution in [0.4, 0.5) is 30.2 Å². The zero-order valence-electron chi connectivity index (χ0n) is 16.9. The molecule has 0 spiro atoms. The highest BCUT2D eigenvalue weighted by Gasteiger charge is 2.36. The zero-order chi connectivity index (χ0) is 24.8. The number of nitrogens with zero attached hydrogens (tertiary/aromatic N) is 5. The molecule has 174 valence electrons. The summed E-state index contributed by atoms with van der Waals surface area (Å²) < 4.78 is 41.4. The number of anilines is 1. The summed E-state index contributed by atoms with van der Waals surface area (Å²) in [6.45, 7) is 1.18. The number of hydrogen-bond donors (Lipinski definition) is 1. The van der Waals surface area contributed by atoms with Crippen LogP contribution in [0.5, 0.6) is 0 Å². The molecule has 4 aromatic rings. The number of nitro groups is 2. The van der Waals surface area contributed by atoms with Gasteiger partial charge in [-0.25, -0.2) is 9.50 Å². The highest BCUT2D eigenvalue weighted by molar-refractivity contribution is 7.13. The Kier molecular flexibility index (Phi) is 5.48. The van der Waals surface area contributed by atoms with Gasteiger partial charge in [0.05, 0.1) is 26.1 Å². The van der Waals surface area contributed by atoms with Gasteiger partial charge in [-0.3, -0.25) is 25.0 Å². The average molecular weight is 492 g/mol. The Labute approximate surface area is 190 Å². The number of thiophene rings is 1. The van der Waals surface area contributed by atoms with E-state index in [1.165, 1.54) is 18.3 Å². The van der Waals surface area contributed by atoms with Gasteiger partial charge in [0, 0.05) is 18.2 Å². The predicted octanol–water partition coefficient (Wildman–Crippen LogP) is 4.85. The number of nitro benzene ring substituents is 2. The number of rotatable bonds is 5. The third-order valence-corrected chi connectivity index (χ3v) is 5.62. The Morgan fingerprint density at radius 3 is 2.29 bits per heavy atom. The molecular weight excluding hydrogens is 481 g/mol. The average Bonchev–Trinajstić information content (AvgIpc) is 3.42. The molecule has 3 aromatic heterocycles. The van der Waals surface area contributed by atoms with Crippen LogP contribution in [0.15, 0.2) is 41.8 Å². The van der Waals surface area contributed by atoms with Crippen molar-refractivity contribution in [3.8, 4) is 10.6 Å². The van der Waals surface area contributed by atoms with Crippen molar-refractivity contribution in [1.29, 1.82) is 0 Å². The monoisotopic (exact) mass is 492 g/mol. The molecule has 1 N–H and O–H groups in total. The number of alkyl halides is 3. The van der Waals surface area contributed by atoms with Gasteiger partial charge >= 0.3 is 6.18 Å². The molecule has 0 aliphatic carbocycles. The fourth-order valence-electron chi connectivity index (χ4n) is 3.17. The van der Waals surface area contributed by atoms with Gasteiger partial charge in [-0.15, -0.1) is 11.3 Å². The Bertz CT molecular complexity index is 1430. The van der Waals surface area contributed by atoms with E-state index in [0.29, 0.717) is 9.39 Å². The maximum Gasteiger partial charge on any atom is 0.433 e. The maximum absolute atomic E-state index is 13.7. The van der Waals surface area contributed by atoms with Crippen molar-refractivity contribution in [2.24, 2.45) is 0 Å². The van der Waals surface area contributed by atoms with Gasteiger partial charge in [0.25, 0.3) is 17.3 Å². The molecule has 1 aromatic carbocycles. The molecule has 1 amide bonds. The summed E-state index contributed by atoms with van der Waals surface area (Å²) in [5.41, 5.74) is -3.61. The molecule has 0 saturated carbocycles. The summed E-state index contributed by atoms with van der Waals surface area (Å²) in [6.07, 6.45) is -4.81. The van der Waals surface area contributed by atoms with Crippen LogP contribution in [0.1, 0.15) is 21.7 Å². The third-order valence-electron chi connectivity index (χ3n) is 4.73. The van der Waals surface area contributed by atoms with E-state index in [1.54, 1.807) is 17.5 Å². The van der Waals surface area contributed by atoms with Crippen LogP contribution in [0.25, 0.3) is 16.2 Å². The van der Waals surface area contributed by atoms with Gasteiger partial charge < -0.3 is 5.32 Å². The minimum Gasteiger partial charge on any atom is -0.320 e. The smallest absolute Gasteiger partial charge is 0.320 e. The van der Waals surface area contributed by atoms with E-state index in [9.17, 15) is 38.2 Å². The fraction of sp³-hybridized carbons (Fsp3) is 0.105. The predicted molar refractivity (Wildman–Crippen MR) is 114 cm³/mol. The summed E-state index contributed by atoms with van der Waals surface area (Å²) in [4.78, 5) is 38.0. The summed E-state index contributed by atoms with van der Waals surface area (Å²) in [5.74, 6) is -1.04. The summed E-state index contributed by atoms with van der Waals surface area (Å²) in [6, 6.07) is 6.87. The van der Waals surface area contributed by atoms with Gasteiger partial charge in [0.15, 0.2) is 17.0 Å². The van der Waals surface area contributed by atoms with Gasteiger partial charge in [0.2, 0.25) is 0 Å². The van der Waals surface area contributed by atoms with E-state index in [2.05, 4.69) is 15.4 Å². The van der Waals surface area contributed by atoms with Gasteiger partial charge in [0.1, 0.15) is 5.56 Å². The lowest BCUT2D eigenvalue weighted by molar-refractivity contribution is -0.395. The van der Waals surface area contributed by atoms with Crippen LogP contribution < -0.4 is 5.32 Å². The molecule has 0 saturated heterocycles. The maximum atomic E-state index is 13.7. The fourth-order valence-corrected chi connectivity index (χ4v) is 3.85. The molecule has 11 nitrogen and oxygen atoms in total. The number of hydrogen-bond acceptors (Lipinski definition) is 8. The SMILES string of the molecule is Cc1c([N+](=O)[O-])cc(NC(=O)c2cc3nc(-c4cccs4)cc(C(F)(F)F)n3n2)cc1[N+](=O)[O-]. The summed E-state index contributed by atoms with van der Waals surface area (Å²) in [7, 11) is 0. The normalized spacial score (nSPS) is 11.5. The van der Waals surface area contributed by atoms with E-state index in [1.807, 2.05) is 0 Å². The molecule has 0 aliphatic heterocycles. The van der Waals surface area contributed by atoms with E-state index in [-0.39, 0.29) is 22.6 Å². The van der Waals surface area contributed by atoms with Crippen molar-refractivity contribution in [2.45, 2.75) is 13.1 Å². The molecule has 0 bridgehead atoms. The Hall–Kier alpha value is -4.40. The van der Waals surface area contributed by atoms with E-state index < -0.39 is 44.7 Å². The number of aromatic nitrogens is 3.